The molecule has 9 aliphatic carbocycles. The van der Waals surface area contributed by atoms with Crippen molar-refractivity contribution in [2.45, 2.75) is 121 Å². The number of carbonyl (C=O) groups is 2. The Morgan fingerprint density at radius 3 is 1.07 bits per heavy atom. The molecule has 0 atom stereocenters. The molecule has 8 heteroatoms. The second-order valence-corrected chi connectivity index (χ2v) is 28.9. The van der Waals surface area contributed by atoms with Gasteiger partial charge < -0.3 is 31.1 Å². The number of phenolic OH excluding ortho intramolecular Hbond substituents is 4. The van der Waals surface area contributed by atoms with E-state index >= 15 is 9.59 Å². The van der Waals surface area contributed by atoms with Gasteiger partial charge in [-0.2, -0.15) is 0 Å². The smallest absolute Gasteiger partial charge is 0.255 e. The normalized spacial score (nSPS) is 23.2. The zero-order valence-corrected chi connectivity index (χ0v) is 53.9. The van der Waals surface area contributed by atoms with Crippen molar-refractivity contribution < 1.29 is 30.0 Å². The summed E-state index contributed by atoms with van der Waals surface area (Å²) < 4.78 is 0. The number of fused-ring (bicyclic) bond motifs is 3. The molecule has 0 aromatic heterocycles. The van der Waals surface area contributed by atoms with Gasteiger partial charge in [-0.25, -0.2) is 0 Å². The van der Waals surface area contributed by atoms with E-state index in [1.165, 1.54) is 49.7 Å². The fraction of sp³-hybridized carbons (Fsp3) is 0.287. The second kappa shape index (κ2) is 22.2. The van der Waals surface area contributed by atoms with Crippen molar-refractivity contribution in [3.8, 4) is 130 Å². The van der Waals surface area contributed by atoms with E-state index < -0.39 is 17.2 Å². The summed E-state index contributed by atoms with van der Waals surface area (Å²) in [6.45, 7) is 7.09. The Balaban J connectivity index is 1.13. The molecule has 0 radical (unpaired) electrons. The first-order valence-corrected chi connectivity index (χ1v) is 33.2. The summed E-state index contributed by atoms with van der Waals surface area (Å²) in [6, 6.07) is 34.9. The third kappa shape index (κ3) is 9.14. The van der Waals surface area contributed by atoms with E-state index in [2.05, 4.69) is 82.6 Å². The lowest BCUT2D eigenvalue weighted by Gasteiger charge is -2.57. The van der Waals surface area contributed by atoms with Crippen molar-refractivity contribution in [2.75, 3.05) is 10.6 Å². The fourth-order valence-electron chi connectivity index (χ4n) is 20.1. The summed E-state index contributed by atoms with van der Waals surface area (Å²) in [5.41, 5.74) is 9.98. The summed E-state index contributed by atoms with van der Waals surface area (Å²) >= 11 is 0. The first-order valence-electron chi connectivity index (χ1n) is 33.2. The second-order valence-electron chi connectivity index (χ2n) is 28.9. The molecule has 8 bridgehead atoms. The van der Waals surface area contributed by atoms with Crippen LogP contribution in [0.25, 0.3) is 33.4 Å². The SMILES string of the molecule is C#Cc1cccc(C(=O)Nc2c(C#C)c(O)c(C)c(C#C)c2-c2cc(O)c(C)cc2C2(c3cc(C)c(O)cc3-c3c(C#C)c(C)c(O)c(C#C)c3NC(=O)c3cccc(C#C)c3)c3cc(C45CC6CC(CC(C6)C4)C5)ccc3-c3ccc(C45CC6CC(CC(C6)C4)C5)cc32)c1. The molecule has 95 heavy (non-hydrogen) atoms. The molecule has 8 nitrogen and oxygen atoms in total. The van der Waals surface area contributed by atoms with Gasteiger partial charge in [0.15, 0.2) is 0 Å². The Bertz CT molecular complexity index is 4640. The van der Waals surface area contributed by atoms with Crippen molar-refractivity contribution in [1.29, 1.82) is 0 Å². The third-order valence-electron chi connectivity index (χ3n) is 23.5. The standard InChI is InChI=1S/C87H72N2O6/c1-11-51-19-17-21-59(35-51)83(94)88-79-65(15-5)81(92)49(9)63(13-3)77(79)69-39-75(90)47(7)27-71(69)87(72-28-48(8)76(91)40-70(72)78-64(14-4)50(10)82(93)66(16-6)80(78)89-84(95)60-22-18-20-52(12-2)36-60)73-37-61(85-41-53-29-54(42-85)31-55(30-53)43-85)23-25-67(73)68-26-24-62(38-74(68)87)86-44-56-32-57(45-86)34-58(33-56)46-86/h1-6,17-28,35-40,53-58,90-93H,29-34,41-46H2,7-10H3,(H,88,94)(H,89,95). The highest BCUT2D eigenvalue weighted by molar-refractivity contribution is 6.11. The van der Waals surface area contributed by atoms with Gasteiger partial charge >= 0.3 is 0 Å². The number of carbonyl (C=O) groups excluding carboxylic acids is 2. The summed E-state index contributed by atoms with van der Waals surface area (Å²) in [7, 11) is 0. The van der Waals surface area contributed by atoms with Gasteiger partial charge in [-0.15, -0.1) is 38.5 Å². The lowest BCUT2D eigenvalue weighted by atomic mass is 9.47. The number of amides is 2. The highest BCUT2D eigenvalue weighted by atomic mass is 16.3. The van der Waals surface area contributed by atoms with Crippen LogP contribution in [0.1, 0.15) is 187 Å². The molecule has 8 aromatic rings. The molecule has 8 saturated carbocycles. The van der Waals surface area contributed by atoms with Gasteiger partial charge in [-0.05, 0) is 266 Å². The van der Waals surface area contributed by atoms with Gasteiger partial charge in [0.25, 0.3) is 11.8 Å². The van der Waals surface area contributed by atoms with Gasteiger partial charge in [-0.3, -0.25) is 9.59 Å². The first kappa shape index (κ1) is 60.5. The molecule has 2 amide bonds. The number of hydrogen-bond donors (Lipinski definition) is 6. The minimum absolute atomic E-state index is 0.0193. The number of nitrogens with one attached hydrogen (secondary N) is 2. The molecule has 0 saturated heterocycles. The highest BCUT2D eigenvalue weighted by Crippen LogP contribution is 2.67. The van der Waals surface area contributed by atoms with Crippen LogP contribution in [0.15, 0.2) is 109 Å². The van der Waals surface area contributed by atoms with Gasteiger partial charge in [0, 0.05) is 55.6 Å². The largest absolute Gasteiger partial charge is 0.508 e. The van der Waals surface area contributed by atoms with E-state index in [1.807, 2.05) is 26.0 Å². The summed E-state index contributed by atoms with van der Waals surface area (Å²) in [5, 5.41) is 56.5. The topological polar surface area (TPSA) is 139 Å². The van der Waals surface area contributed by atoms with Crippen LogP contribution in [0.3, 0.4) is 0 Å². The van der Waals surface area contributed by atoms with E-state index in [0.29, 0.717) is 80.0 Å². The summed E-state index contributed by atoms with van der Waals surface area (Å²) in [4.78, 5) is 30.3. The lowest BCUT2D eigenvalue weighted by Crippen LogP contribution is -2.48. The van der Waals surface area contributed by atoms with Crippen LogP contribution in [-0.4, -0.2) is 32.2 Å². The molecule has 466 valence electrons. The minimum atomic E-state index is -1.56. The highest BCUT2D eigenvalue weighted by Gasteiger charge is 2.57. The van der Waals surface area contributed by atoms with Crippen molar-refractivity contribution in [2.24, 2.45) is 35.5 Å². The molecule has 17 rings (SSSR count). The average molecular weight is 1240 g/mol. The zero-order chi connectivity index (χ0) is 66.3. The molecule has 0 heterocycles. The van der Waals surface area contributed by atoms with Crippen molar-refractivity contribution >= 4 is 23.2 Å². The van der Waals surface area contributed by atoms with E-state index in [-0.39, 0.29) is 101 Å². The Kier molecular flexibility index (Phi) is 14.1. The van der Waals surface area contributed by atoms with Crippen molar-refractivity contribution in [1.82, 2.24) is 0 Å². The molecule has 9 aliphatic rings. The van der Waals surface area contributed by atoms with Crippen LogP contribution in [0.4, 0.5) is 11.4 Å². The van der Waals surface area contributed by atoms with Crippen LogP contribution in [0.2, 0.25) is 0 Å². The van der Waals surface area contributed by atoms with Crippen molar-refractivity contribution in [3.63, 3.8) is 0 Å². The molecule has 0 spiro atoms. The fourth-order valence-corrected chi connectivity index (χ4v) is 20.1. The summed E-state index contributed by atoms with van der Waals surface area (Å²) in [5.74, 6) is 18.2. The maximum absolute atomic E-state index is 15.1. The Morgan fingerprint density at radius 2 is 0.747 bits per heavy atom. The van der Waals surface area contributed by atoms with E-state index in [1.54, 1.807) is 74.5 Å². The summed E-state index contributed by atoms with van der Waals surface area (Å²) in [6.07, 6.45) is 52.2. The molecule has 6 N–H and O–H groups in total. The van der Waals surface area contributed by atoms with E-state index in [9.17, 15) is 20.4 Å². The predicted molar refractivity (Wildman–Crippen MR) is 376 cm³/mol. The number of aromatic hydroxyl groups is 4. The number of phenols is 4. The number of hydrogen-bond acceptors (Lipinski definition) is 6. The monoisotopic (exact) mass is 1240 g/mol. The van der Waals surface area contributed by atoms with Crippen LogP contribution < -0.4 is 10.6 Å². The van der Waals surface area contributed by atoms with Gasteiger partial charge in [0.05, 0.1) is 27.9 Å². The molecule has 8 fully saturated rings. The maximum atomic E-state index is 15.1. The molecule has 8 aromatic carbocycles. The van der Waals surface area contributed by atoms with Gasteiger partial charge in [0.1, 0.15) is 23.0 Å². The van der Waals surface area contributed by atoms with Crippen LogP contribution in [0, 0.1) is 137 Å². The number of anilines is 2. The van der Waals surface area contributed by atoms with Crippen LogP contribution >= 0.6 is 0 Å². The average Bonchev–Trinajstić information content (AvgIpc) is 1.56. The first-order chi connectivity index (χ1) is 45.8. The lowest BCUT2D eigenvalue weighted by molar-refractivity contribution is -0.00530. The Morgan fingerprint density at radius 1 is 0.411 bits per heavy atom. The molecule has 0 aliphatic heterocycles. The van der Waals surface area contributed by atoms with Gasteiger partial charge in [0.2, 0.25) is 0 Å². The predicted octanol–water partition coefficient (Wildman–Crippen LogP) is 16.8. The number of terminal acetylenes is 6. The number of benzene rings is 8. The van der Waals surface area contributed by atoms with Crippen molar-refractivity contribution in [3.05, 3.63) is 209 Å². The molecule has 0 unspecified atom stereocenters. The Labute approximate surface area is 557 Å². The van der Waals surface area contributed by atoms with Crippen LogP contribution in [0.5, 0.6) is 23.0 Å². The quantitative estimate of drug-likeness (QED) is 0.0754. The third-order valence-corrected chi connectivity index (χ3v) is 23.5. The Hall–Kier alpha value is -10.7. The van der Waals surface area contributed by atoms with Gasteiger partial charge in [-0.1, -0.05) is 96.2 Å². The zero-order valence-electron chi connectivity index (χ0n) is 53.9. The number of aryl methyl sites for hydroxylation is 2. The molecular weight excluding hydrogens is 1170 g/mol. The maximum Gasteiger partial charge on any atom is 0.255 e. The molecular formula is C87H72N2O6. The minimum Gasteiger partial charge on any atom is -0.508 e. The van der Waals surface area contributed by atoms with E-state index in [0.717, 1.165) is 60.8 Å². The number of rotatable bonds is 10. The van der Waals surface area contributed by atoms with Crippen LogP contribution in [-0.2, 0) is 16.2 Å². The van der Waals surface area contributed by atoms with E-state index in [4.69, 9.17) is 38.5 Å².